The molecular formula is C6H11ClO3. The summed E-state index contributed by atoms with van der Waals surface area (Å²) in [4.78, 5) is 10.2. The van der Waals surface area contributed by atoms with Crippen LogP contribution in [0.15, 0.2) is 0 Å². The summed E-state index contributed by atoms with van der Waals surface area (Å²) in [7, 11) is 0. The van der Waals surface area contributed by atoms with E-state index in [-0.39, 0.29) is 12.5 Å². The van der Waals surface area contributed by atoms with E-state index in [0.717, 1.165) is 0 Å². The first kappa shape index (κ1) is 9.72. The van der Waals surface area contributed by atoms with Crippen LogP contribution < -0.4 is 0 Å². The lowest BCUT2D eigenvalue weighted by Crippen LogP contribution is -2.33. The van der Waals surface area contributed by atoms with Gasteiger partial charge in [0.05, 0.1) is 5.88 Å². The molecule has 0 saturated heterocycles. The second kappa shape index (κ2) is 3.78. The van der Waals surface area contributed by atoms with Crippen molar-refractivity contribution in [3.63, 3.8) is 0 Å². The van der Waals surface area contributed by atoms with Gasteiger partial charge >= 0.3 is 5.97 Å². The van der Waals surface area contributed by atoms with Crippen LogP contribution in [0.1, 0.15) is 13.8 Å². The van der Waals surface area contributed by atoms with Gasteiger partial charge in [0.2, 0.25) is 0 Å². The van der Waals surface area contributed by atoms with Crippen molar-refractivity contribution in [2.24, 2.45) is 0 Å². The number of esters is 1. The van der Waals surface area contributed by atoms with Crippen molar-refractivity contribution >= 4 is 17.6 Å². The first-order chi connectivity index (χ1) is 4.48. The van der Waals surface area contributed by atoms with Crippen molar-refractivity contribution in [1.29, 1.82) is 0 Å². The highest BCUT2D eigenvalue weighted by Gasteiger charge is 2.19. The van der Waals surface area contributed by atoms with Crippen LogP contribution in [0.5, 0.6) is 0 Å². The van der Waals surface area contributed by atoms with Gasteiger partial charge in [-0.25, -0.2) is 0 Å². The zero-order valence-electron chi connectivity index (χ0n) is 6.06. The maximum Gasteiger partial charge on any atom is 0.302 e. The smallest absolute Gasteiger partial charge is 0.302 e. The predicted molar refractivity (Wildman–Crippen MR) is 38.0 cm³/mol. The van der Waals surface area contributed by atoms with Gasteiger partial charge in [-0.15, -0.1) is 11.6 Å². The lowest BCUT2D eigenvalue weighted by Gasteiger charge is -2.18. The standard InChI is InChI=1S/C6H11ClO3/c1-5(8)10-4-6(2,9)3-7/h9H,3-4H2,1-2H3. The quantitative estimate of drug-likeness (QED) is 0.492. The number of carbonyl (C=O) groups excluding carboxylic acids is 1. The fraction of sp³-hybridized carbons (Fsp3) is 0.833. The topological polar surface area (TPSA) is 46.5 Å². The number of alkyl halides is 1. The normalized spacial score (nSPS) is 16.0. The van der Waals surface area contributed by atoms with E-state index in [2.05, 4.69) is 4.74 Å². The SMILES string of the molecule is CC(=O)OCC(C)(O)CCl. The summed E-state index contributed by atoms with van der Waals surface area (Å²) in [6.45, 7) is 2.74. The molecule has 0 fully saturated rings. The van der Waals surface area contributed by atoms with Crippen LogP contribution in [-0.2, 0) is 9.53 Å². The molecule has 0 aromatic rings. The molecule has 0 aromatic heterocycles. The molecule has 1 atom stereocenters. The fourth-order valence-electron chi connectivity index (χ4n) is 0.296. The largest absolute Gasteiger partial charge is 0.463 e. The zero-order valence-corrected chi connectivity index (χ0v) is 6.81. The fourth-order valence-corrected chi connectivity index (χ4v) is 0.373. The van der Waals surface area contributed by atoms with Gasteiger partial charge < -0.3 is 9.84 Å². The second-order valence-electron chi connectivity index (χ2n) is 2.41. The van der Waals surface area contributed by atoms with Crippen molar-refractivity contribution < 1.29 is 14.6 Å². The van der Waals surface area contributed by atoms with Gasteiger partial charge in [0.25, 0.3) is 0 Å². The van der Waals surface area contributed by atoms with Gasteiger partial charge in [0.15, 0.2) is 0 Å². The van der Waals surface area contributed by atoms with Crippen molar-refractivity contribution in [3.8, 4) is 0 Å². The van der Waals surface area contributed by atoms with Gasteiger partial charge in [-0.3, -0.25) is 4.79 Å². The third-order valence-corrected chi connectivity index (χ3v) is 1.45. The Balaban J connectivity index is 3.56. The Labute approximate surface area is 64.9 Å². The number of hydrogen-bond acceptors (Lipinski definition) is 3. The summed E-state index contributed by atoms with van der Waals surface area (Å²) in [6.07, 6.45) is 0. The number of aliphatic hydroxyl groups is 1. The van der Waals surface area contributed by atoms with Crippen LogP contribution in [0.2, 0.25) is 0 Å². The Morgan fingerprint density at radius 1 is 1.80 bits per heavy atom. The summed E-state index contributed by atoms with van der Waals surface area (Å²) in [5.41, 5.74) is -1.10. The summed E-state index contributed by atoms with van der Waals surface area (Å²) < 4.78 is 4.52. The molecule has 0 aromatic carbocycles. The molecule has 0 saturated carbocycles. The Bertz CT molecular complexity index is 122. The van der Waals surface area contributed by atoms with Crippen molar-refractivity contribution in [3.05, 3.63) is 0 Å². The van der Waals surface area contributed by atoms with E-state index in [4.69, 9.17) is 16.7 Å². The molecule has 4 heteroatoms. The predicted octanol–water partition coefficient (Wildman–Crippen LogP) is 0.539. The van der Waals surface area contributed by atoms with E-state index >= 15 is 0 Å². The zero-order chi connectivity index (χ0) is 8.20. The van der Waals surface area contributed by atoms with E-state index in [9.17, 15) is 4.79 Å². The molecule has 0 aliphatic carbocycles. The molecule has 0 rings (SSSR count). The molecular weight excluding hydrogens is 156 g/mol. The minimum Gasteiger partial charge on any atom is -0.463 e. The molecule has 0 heterocycles. The van der Waals surface area contributed by atoms with Crippen LogP contribution in [0.4, 0.5) is 0 Å². The minimum atomic E-state index is -1.10. The summed E-state index contributed by atoms with van der Waals surface area (Å²) in [5, 5.41) is 9.16. The summed E-state index contributed by atoms with van der Waals surface area (Å²) in [6, 6.07) is 0. The Morgan fingerprint density at radius 3 is 2.60 bits per heavy atom. The highest BCUT2D eigenvalue weighted by atomic mass is 35.5. The summed E-state index contributed by atoms with van der Waals surface area (Å²) >= 11 is 5.34. The van der Waals surface area contributed by atoms with E-state index in [0.29, 0.717) is 0 Å². The number of ether oxygens (including phenoxy) is 1. The molecule has 0 spiro atoms. The highest BCUT2D eigenvalue weighted by molar-refractivity contribution is 6.18. The number of carbonyl (C=O) groups is 1. The minimum absolute atomic E-state index is 0.0498. The third-order valence-electron chi connectivity index (χ3n) is 0.874. The molecule has 60 valence electrons. The third kappa shape index (κ3) is 4.58. The van der Waals surface area contributed by atoms with Gasteiger partial charge in [0, 0.05) is 6.92 Å². The first-order valence-corrected chi connectivity index (χ1v) is 3.43. The van der Waals surface area contributed by atoms with Gasteiger partial charge in [-0.1, -0.05) is 0 Å². The van der Waals surface area contributed by atoms with E-state index < -0.39 is 11.6 Å². The van der Waals surface area contributed by atoms with Crippen LogP contribution in [0.3, 0.4) is 0 Å². The van der Waals surface area contributed by atoms with E-state index in [1.54, 1.807) is 0 Å². The second-order valence-corrected chi connectivity index (χ2v) is 2.68. The van der Waals surface area contributed by atoms with Gasteiger partial charge in [0.1, 0.15) is 12.2 Å². The monoisotopic (exact) mass is 166 g/mol. The molecule has 0 bridgehead atoms. The van der Waals surface area contributed by atoms with E-state index in [1.165, 1.54) is 13.8 Å². The molecule has 0 aliphatic rings. The van der Waals surface area contributed by atoms with Crippen molar-refractivity contribution in [2.45, 2.75) is 19.4 Å². The summed E-state index contributed by atoms with van der Waals surface area (Å²) in [5.74, 6) is -0.356. The van der Waals surface area contributed by atoms with Crippen LogP contribution in [0.25, 0.3) is 0 Å². The van der Waals surface area contributed by atoms with Crippen molar-refractivity contribution in [1.82, 2.24) is 0 Å². The lowest BCUT2D eigenvalue weighted by atomic mass is 10.2. The number of halogens is 1. The van der Waals surface area contributed by atoms with Crippen LogP contribution >= 0.6 is 11.6 Å². The molecule has 1 N–H and O–H groups in total. The molecule has 0 amide bonds. The maximum absolute atomic E-state index is 10.2. The molecule has 1 unspecified atom stereocenters. The Morgan fingerprint density at radius 2 is 2.30 bits per heavy atom. The number of hydrogen-bond donors (Lipinski definition) is 1. The Kier molecular flexibility index (Phi) is 3.68. The Hall–Kier alpha value is -0.280. The molecule has 0 aliphatic heterocycles. The highest BCUT2D eigenvalue weighted by Crippen LogP contribution is 2.05. The van der Waals surface area contributed by atoms with Gasteiger partial charge in [-0.2, -0.15) is 0 Å². The van der Waals surface area contributed by atoms with Crippen LogP contribution in [-0.4, -0.2) is 29.2 Å². The van der Waals surface area contributed by atoms with E-state index in [1.807, 2.05) is 0 Å². The number of rotatable bonds is 3. The van der Waals surface area contributed by atoms with Crippen molar-refractivity contribution in [2.75, 3.05) is 12.5 Å². The average molecular weight is 167 g/mol. The molecule has 10 heavy (non-hydrogen) atoms. The lowest BCUT2D eigenvalue weighted by molar-refractivity contribution is -0.146. The first-order valence-electron chi connectivity index (χ1n) is 2.89. The average Bonchev–Trinajstić information content (AvgIpc) is 1.85. The van der Waals surface area contributed by atoms with Crippen LogP contribution in [0, 0.1) is 0 Å². The molecule has 3 nitrogen and oxygen atoms in total. The van der Waals surface area contributed by atoms with Gasteiger partial charge in [-0.05, 0) is 6.92 Å². The maximum atomic E-state index is 10.2. The molecule has 0 radical (unpaired) electrons.